The molecule has 4 heterocycles. The summed E-state index contributed by atoms with van der Waals surface area (Å²) in [7, 11) is 0. The van der Waals surface area contributed by atoms with Crippen LogP contribution in [0.25, 0.3) is 27.9 Å². The highest BCUT2D eigenvalue weighted by atomic mass is 16.3. The van der Waals surface area contributed by atoms with E-state index in [0.717, 1.165) is 71.2 Å². The van der Waals surface area contributed by atoms with Crippen LogP contribution in [0.1, 0.15) is 5.69 Å². The van der Waals surface area contributed by atoms with E-state index in [1.165, 1.54) is 0 Å². The van der Waals surface area contributed by atoms with Crippen molar-refractivity contribution in [3.05, 3.63) is 79.5 Å². The molecule has 1 aromatic carbocycles. The van der Waals surface area contributed by atoms with E-state index in [0.29, 0.717) is 0 Å². The molecular formula is C24H23N5O. The fourth-order valence-corrected chi connectivity index (χ4v) is 3.78. The van der Waals surface area contributed by atoms with E-state index in [2.05, 4.69) is 33.2 Å². The lowest BCUT2D eigenvalue weighted by Gasteiger charge is -2.31. The molecule has 0 saturated carbocycles. The van der Waals surface area contributed by atoms with Crippen molar-refractivity contribution in [1.82, 2.24) is 15.3 Å². The summed E-state index contributed by atoms with van der Waals surface area (Å²) in [5.74, 6) is 0. The van der Waals surface area contributed by atoms with Crippen molar-refractivity contribution in [2.45, 2.75) is 0 Å². The maximum absolute atomic E-state index is 5.44. The summed E-state index contributed by atoms with van der Waals surface area (Å²) in [4.78, 5) is 11.5. The van der Waals surface area contributed by atoms with Gasteiger partial charge >= 0.3 is 0 Å². The fraction of sp³-hybridized carbons (Fsp3) is 0.167. The SMILES string of the molecule is C=C(Nc1cnccc1N1CCNCC1)c1cccc(-c2ccc3occc3c2)n1. The lowest BCUT2D eigenvalue weighted by atomic mass is 10.1. The van der Waals surface area contributed by atoms with Crippen LogP contribution in [0, 0.1) is 0 Å². The molecular weight excluding hydrogens is 374 g/mol. The average molecular weight is 397 g/mol. The van der Waals surface area contributed by atoms with Crippen LogP contribution in [0.5, 0.6) is 0 Å². The molecule has 1 aliphatic heterocycles. The first kappa shape index (κ1) is 18.4. The van der Waals surface area contributed by atoms with Gasteiger partial charge in [-0.2, -0.15) is 0 Å². The van der Waals surface area contributed by atoms with Crippen molar-refractivity contribution in [1.29, 1.82) is 0 Å². The molecule has 30 heavy (non-hydrogen) atoms. The summed E-state index contributed by atoms with van der Waals surface area (Å²) in [5, 5.41) is 7.88. The summed E-state index contributed by atoms with van der Waals surface area (Å²) in [6.07, 6.45) is 5.38. The Morgan fingerprint density at radius 1 is 1.10 bits per heavy atom. The molecule has 1 saturated heterocycles. The highest BCUT2D eigenvalue weighted by Gasteiger charge is 2.15. The number of nitrogens with zero attached hydrogens (tertiary/aromatic N) is 3. The highest BCUT2D eigenvalue weighted by molar-refractivity contribution is 5.84. The molecule has 0 radical (unpaired) electrons. The Labute approximate surface area is 175 Å². The molecule has 150 valence electrons. The van der Waals surface area contributed by atoms with Gasteiger partial charge in [0.2, 0.25) is 0 Å². The summed E-state index contributed by atoms with van der Waals surface area (Å²) in [6.45, 7) is 8.13. The maximum atomic E-state index is 5.44. The molecule has 6 heteroatoms. The number of pyridine rings is 2. The maximum Gasteiger partial charge on any atom is 0.133 e. The molecule has 0 atom stereocenters. The zero-order chi connectivity index (χ0) is 20.3. The standard InChI is InChI=1S/C24H23N5O/c1-17(27-22-16-26-9-7-23(22)29-12-10-25-11-13-29)20-3-2-4-21(28-20)18-5-6-24-19(15-18)8-14-30-24/h2-9,14-16,25,27H,1,10-13H2. The van der Waals surface area contributed by atoms with E-state index in [-0.39, 0.29) is 0 Å². The molecule has 1 aliphatic rings. The summed E-state index contributed by atoms with van der Waals surface area (Å²) in [5.41, 5.74) is 6.43. The van der Waals surface area contributed by atoms with Crippen LogP contribution in [0.4, 0.5) is 11.4 Å². The first-order chi connectivity index (χ1) is 14.8. The lowest BCUT2D eigenvalue weighted by Crippen LogP contribution is -2.43. The molecule has 0 aliphatic carbocycles. The number of nitrogens with one attached hydrogen (secondary N) is 2. The third kappa shape index (κ3) is 3.65. The lowest BCUT2D eigenvalue weighted by molar-refractivity contribution is 0.589. The van der Waals surface area contributed by atoms with Crippen molar-refractivity contribution in [2.75, 3.05) is 36.4 Å². The van der Waals surface area contributed by atoms with Crippen LogP contribution >= 0.6 is 0 Å². The highest BCUT2D eigenvalue weighted by Crippen LogP contribution is 2.29. The number of fused-ring (bicyclic) bond motifs is 1. The van der Waals surface area contributed by atoms with E-state index in [1.54, 1.807) is 6.26 Å². The molecule has 1 fully saturated rings. The zero-order valence-corrected chi connectivity index (χ0v) is 16.6. The number of furan rings is 1. The largest absolute Gasteiger partial charge is 0.464 e. The quantitative estimate of drug-likeness (QED) is 0.521. The third-order valence-corrected chi connectivity index (χ3v) is 5.35. The van der Waals surface area contributed by atoms with Gasteiger partial charge in [-0.15, -0.1) is 0 Å². The molecule has 0 spiro atoms. The van der Waals surface area contributed by atoms with Gasteiger partial charge in [0.1, 0.15) is 5.58 Å². The van der Waals surface area contributed by atoms with Crippen LogP contribution in [0.2, 0.25) is 0 Å². The summed E-state index contributed by atoms with van der Waals surface area (Å²) < 4.78 is 5.44. The number of aromatic nitrogens is 2. The second-order valence-corrected chi connectivity index (χ2v) is 7.31. The zero-order valence-electron chi connectivity index (χ0n) is 16.6. The molecule has 2 N–H and O–H groups in total. The van der Waals surface area contributed by atoms with Crippen LogP contribution in [0.3, 0.4) is 0 Å². The predicted octanol–water partition coefficient (Wildman–Crippen LogP) is 4.38. The Morgan fingerprint density at radius 3 is 2.90 bits per heavy atom. The van der Waals surface area contributed by atoms with Crippen LogP contribution in [-0.4, -0.2) is 36.1 Å². The van der Waals surface area contributed by atoms with E-state index in [1.807, 2.05) is 54.9 Å². The minimum absolute atomic E-state index is 0.741. The van der Waals surface area contributed by atoms with Gasteiger partial charge in [-0.25, -0.2) is 4.98 Å². The minimum Gasteiger partial charge on any atom is -0.464 e. The van der Waals surface area contributed by atoms with E-state index in [4.69, 9.17) is 9.40 Å². The number of piperazine rings is 1. The molecule has 0 amide bonds. The monoisotopic (exact) mass is 397 g/mol. The summed E-state index contributed by atoms with van der Waals surface area (Å²) in [6, 6.07) is 16.1. The Morgan fingerprint density at radius 2 is 2.00 bits per heavy atom. The normalized spacial score (nSPS) is 14.1. The van der Waals surface area contributed by atoms with E-state index < -0.39 is 0 Å². The van der Waals surface area contributed by atoms with Gasteiger partial charge in [0, 0.05) is 43.3 Å². The number of hydrogen-bond donors (Lipinski definition) is 2. The minimum atomic E-state index is 0.741. The molecule has 0 bridgehead atoms. The fourth-order valence-electron chi connectivity index (χ4n) is 3.78. The number of rotatable bonds is 5. The van der Waals surface area contributed by atoms with E-state index in [9.17, 15) is 0 Å². The van der Waals surface area contributed by atoms with Crippen molar-refractivity contribution >= 4 is 28.0 Å². The van der Waals surface area contributed by atoms with Gasteiger partial charge in [0.15, 0.2) is 0 Å². The summed E-state index contributed by atoms with van der Waals surface area (Å²) >= 11 is 0. The Bertz CT molecular complexity index is 1190. The number of anilines is 2. The van der Waals surface area contributed by atoms with Gasteiger partial charge in [0.25, 0.3) is 0 Å². The van der Waals surface area contributed by atoms with E-state index >= 15 is 0 Å². The van der Waals surface area contributed by atoms with Gasteiger partial charge in [-0.3, -0.25) is 4.98 Å². The van der Waals surface area contributed by atoms with Gasteiger partial charge in [-0.1, -0.05) is 12.6 Å². The molecule has 6 nitrogen and oxygen atoms in total. The van der Waals surface area contributed by atoms with Crippen LogP contribution in [-0.2, 0) is 0 Å². The van der Waals surface area contributed by atoms with Gasteiger partial charge in [-0.05, 0) is 42.5 Å². The second-order valence-electron chi connectivity index (χ2n) is 7.31. The topological polar surface area (TPSA) is 66.2 Å². The Hall–Kier alpha value is -3.64. The second kappa shape index (κ2) is 8.00. The first-order valence-corrected chi connectivity index (χ1v) is 10.1. The average Bonchev–Trinajstić information content (AvgIpc) is 3.28. The number of benzene rings is 1. The molecule has 5 rings (SSSR count). The Balaban J connectivity index is 1.40. The van der Waals surface area contributed by atoms with Crippen LogP contribution < -0.4 is 15.5 Å². The molecule has 4 aromatic rings. The van der Waals surface area contributed by atoms with Gasteiger partial charge < -0.3 is 20.0 Å². The van der Waals surface area contributed by atoms with Crippen molar-refractivity contribution < 1.29 is 4.42 Å². The smallest absolute Gasteiger partial charge is 0.133 e. The Kier molecular flexibility index (Phi) is 4.91. The first-order valence-electron chi connectivity index (χ1n) is 10.1. The van der Waals surface area contributed by atoms with Crippen molar-refractivity contribution in [2.24, 2.45) is 0 Å². The third-order valence-electron chi connectivity index (χ3n) is 5.35. The predicted molar refractivity (Wildman–Crippen MR) is 121 cm³/mol. The van der Waals surface area contributed by atoms with Gasteiger partial charge in [0.05, 0.1) is 40.9 Å². The van der Waals surface area contributed by atoms with Crippen molar-refractivity contribution in [3.8, 4) is 11.3 Å². The van der Waals surface area contributed by atoms with Crippen molar-refractivity contribution in [3.63, 3.8) is 0 Å². The molecule has 3 aromatic heterocycles. The molecule has 0 unspecified atom stereocenters. The number of hydrogen-bond acceptors (Lipinski definition) is 6. The van der Waals surface area contributed by atoms with Crippen LogP contribution in [0.15, 0.2) is 78.2 Å².